The molecule has 1 aliphatic heterocycles. The number of amides is 1. The van der Waals surface area contributed by atoms with Gasteiger partial charge in [-0.2, -0.15) is 0 Å². The number of nitrogens with two attached hydrogens (primary N) is 1. The van der Waals surface area contributed by atoms with Crippen molar-refractivity contribution in [3.8, 4) is 0 Å². The first-order valence-electron chi connectivity index (χ1n) is 7.25. The van der Waals surface area contributed by atoms with Gasteiger partial charge in [0.15, 0.2) is 0 Å². The Bertz CT molecular complexity index is 327. The third-order valence-electron chi connectivity index (χ3n) is 4.08. The summed E-state index contributed by atoms with van der Waals surface area (Å²) in [5.41, 5.74) is 5.21. The predicted molar refractivity (Wildman–Crippen MR) is 80.9 cm³/mol. The Morgan fingerprint density at radius 3 is 2.42 bits per heavy atom. The number of hydrogen-bond donors (Lipinski definition) is 2. The van der Waals surface area contributed by atoms with Crippen molar-refractivity contribution in [2.75, 3.05) is 13.2 Å². The molecule has 0 spiro atoms. The predicted octanol–water partition coefficient (Wildman–Crippen LogP) is 1.84. The van der Waals surface area contributed by atoms with Crippen LogP contribution in [0, 0.1) is 5.41 Å². The van der Waals surface area contributed by atoms with Crippen molar-refractivity contribution in [2.45, 2.75) is 58.4 Å². The Labute approximate surface area is 121 Å². The zero-order valence-electron chi connectivity index (χ0n) is 12.0. The van der Waals surface area contributed by atoms with E-state index in [9.17, 15) is 9.90 Å². The van der Waals surface area contributed by atoms with Crippen LogP contribution in [-0.4, -0.2) is 40.1 Å². The first-order valence-corrected chi connectivity index (χ1v) is 7.66. The highest BCUT2D eigenvalue weighted by Gasteiger charge is 2.45. The third-order valence-corrected chi connectivity index (χ3v) is 4.47. The second-order valence-electron chi connectivity index (χ2n) is 5.42. The van der Waals surface area contributed by atoms with Crippen LogP contribution in [0.3, 0.4) is 0 Å². The molecule has 1 amide bonds. The van der Waals surface area contributed by atoms with E-state index in [2.05, 4.69) is 0 Å². The molecular formula is C14H26N2O2S. The number of thiocarbonyl (C=S) groups is 1. The second-order valence-corrected chi connectivity index (χ2v) is 5.86. The molecule has 0 bridgehead atoms. The molecule has 1 atom stereocenters. The fraction of sp³-hybridized carbons (Fsp3) is 0.857. The average molecular weight is 286 g/mol. The van der Waals surface area contributed by atoms with Crippen LogP contribution < -0.4 is 5.73 Å². The van der Waals surface area contributed by atoms with Gasteiger partial charge in [-0.15, -0.1) is 0 Å². The fourth-order valence-corrected chi connectivity index (χ4v) is 3.40. The molecule has 1 rings (SSSR count). The minimum absolute atomic E-state index is 0.0252. The second kappa shape index (κ2) is 7.20. The molecule has 0 radical (unpaired) electrons. The van der Waals surface area contributed by atoms with E-state index >= 15 is 0 Å². The topological polar surface area (TPSA) is 66.6 Å². The molecule has 1 saturated heterocycles. The van der Waals surface area contributed by atoms with E-state index in [1.165, 1.54) is 0 Å². The van der Waals surface area contributed by atoms with Crippen LogP contribution >= 0.6 is 12.2 Å². The Hall–Kier alpha value is -0.680. The molecule has 0 aromatic carbocycles. The summed E-state index contributed by atoms with van der Waals surface area (Å²) < 4.78 is 0. The van der Waals surface area contributed by atoms with Gasteiger partial charge in [0.2, 0.25) is 5.91 Å². The van der Waals surface area contributed by atoms with Gasteiger partial charge in [0, 0.05) is 6.54 Å². The highest BCUT2D eigenvalue weighted by atomic mass is 32.1. The molecule has 4 nitrogen and oxygen atoms in total. The van der Waals surface area contributed by atoms with E-state index in [1.54, 1.807) is 4.90 Å². The molecule has 0 aromatic rings. The highest BCUT2D eigenvalue weighted by molar-refractivity contribution is 7.80. The van der Waals surface area contributed by atoms with Crippen molar-refractivity contribution in [1.82, 2.24) is 4.90 Å². The lowest BCUT2D eigenvalue weighted by Crippen LogP contribution is -2.52. The van der Waals surface area contributed by atoms with E-state index in [0.29, 0.717) is 24.4 Å². The molecule has 0 aliphatic carbocycles. The number of carbonyl (C=O) groups excluding carboxylic acids is 1. The van der Waals surface area contributed by atoms with Crippen LogP contribution in [0.25, 0.3) is 0 Å². The van der Waals surface area contributed by atoms with Gasteiger partial charge in [0.25, 0.3) is 0 Å². The monoisotopic (exact) mass is 286 g/mol. The molecule has 1 heterocycles. The number of aliphatic hydroxyl groups is 1. The smallest absolute Gasteiger partial charge is 0.235 e. The molecule has 0 saturated carbocycles. The lowest BCUT2D eigenvalue weighted by atomic mass is 9.77. The van der Waals surface area contributed by atoms with Crippen LogP contribution in [0.1, 0.15) is 52.4 Å². The number of nitrogens with zero attached hydrogens (tertiary/aromatic N) is 1. The molecule has 1 fully saturated rings. The summed E-state index contributed by atoms with van der Waals surface area (Å²) in [6.07, 6.45) is 4.96. The summed E-state index contributed by atoms with van der Waals surface area (Å²) in [7, 11) is 0. The van der Waals surface area contributed by atoms with Gasteiger partial charge in [-0.1, -0.05) is 38.9 Å². The van der Waals surface area contributed by atoms with Gasteiger partial charge in [0.1, 0.15) is 0 Å². The van der Waals surface area contributed by atoms with E-state index in [0.717, 1.165) is 25.7 Å². The number of likely N-dealkylation sites (tertiary alicyclic amines) is 1. The first kappa shape index (κ1) is 16.4. The van der Waals surface area contributed by atoms with Gasteiger partial charge < -0.3 is 15.7 Å². The quantitative estimate of drug-likeness (QED) is 0.701. The van der Waals surface area contributed by atoms with E-state index in [4.69, 9.17) is 18.0 Å². The number of aliphatic hydroxyl groups excluding tert-OH is 1. The minimum atomic E-state index is -0.712. The van der Waals surface area contributed by atoms with Gasteiger partial charge in [-0.3, -0.25) is 4.79 Å². The van der Waals surface area contributed by atoms with Crippen molar-refractivity contribution in [1.29, 1.82) is 0 Å². The van der Waals surface area contributed by atoms with Crippen LogP contribution in [-0.2, 0) is 4.79 Å². The largest absolute Gasteiger partial charge is 0.394 e. The lowest BCUT2D eigenvalue weighted by Gasteiger charge is -2.37. The van der Waals surface area contributed by atoms with Crippen molar-refractivity contribution in [3.05, 3.63) is 0 Å². The normalized spacial score (nSPS) is 19.7. The highest BCUT2D eigenvalue weighted by Crippen LogP contribution is 2.35. The fourth-order valence-electron chi connectivity index (χ4n) is 3.11. The molecular weight excluding hydrogens is 260 g/mol. The first-order chi connectivity index (χ1) is 9.03. The Kier molecular flexibility index (Phi) is 6.20. The van der Waals surface area contributed by atoms with Gasteiger partial charge in [0.05, 0.1) is 23.1 Å². The zero-order valence-corrected chi connectivity index (χ0v) is 12.8. The summed E-state index contributed by atoms with van der Waals surface area (Å²) in [4.78, 5) is 15.0. The number of rotatable bonds is 7. The summed E-state index contributed by atoms with van der Waals surface area (Å²) in [5.74, 6) is 0.0280. The van der Waals surface area contributed by atoms with Crippen LogP contribution in [0.5, 0.6) is 0 Å². The van der Waals surface area contributed by atoms with Crippen LogP contribution in [0.2, 0.25) is 0 Å². The lowest BCUT2D eigenvalue weighted by molar-refractivity contribution is -0.140. The van der Waals surface area contributed by atoms with E-state index < -0.39 is 5.41 Å². The van der Waals surface area contributed by atoms with Crippen LogP contribution in [0.4, 0.5) is 0 Å². The molecule has 110 valence electrons. The molecule has 19 heavy (non-hydrogen) atoms. The van der Waals surface area contributed by atoms with Gasteiger partial charge in [-0.05, 0) is 25.7 Å². The maximum atomic E-state index is 12.9. The Morgan fingerprint density at radius 2 is 2.00 bits per heavy atom. The summed E-state index contributed by atoms with van der Waals surface area (Å²) in [6, 6.07) is -0.0602. The van der Waals surface area contributed by atoms with Gasteiger partial charge in [-0.25, -0.2) is 0 Å². The summed E-state index contributed by atoms with van der Waals surface area (Å²) >= 11 is 5.21. The molecule has 0 aromatic heterocycles. The molecule has 5 heteroatoms. The minimum Gasteiger partial charge on any atom is -0.394 e. The number of hydrogen-bond acceptors (Lipinski definition) is 3. The molecule has 1 aliphatic rings. The zero-order chi connectivity index (χ0) is 14.5. The van der Waals surface area contributed by atoms with Crippen molar-refractivity contribution in [3.63, 3.8) is 0 Å². The Morgan fingerprint density at radius 1 is 1.42 bits per heavy atom. The SMILES string of the molecule is CCCC(CCC)(C(=O)N1CCCC1CO)C(N)=S. The van der Waals surface area contributed by atoms with E-state index in [-0.39, 0.29) is 18.6 Å². The van der Waals surface area contributed by atoms with Gasteiger partial charge >= 0.3 is 0 Å². The van der Waals surface area contributed by atoms with Crippen molar-refractivity contribution >= 4 is 23.1 Å². The van der Waals surface area contributed by atoms with E-state index in [1.807, 2.05) is 13.8 Å². The van der Waals surface area contributed by atoms with Crippen molar-refractivity contribution < 1.29 is 9.90 Å². The standard InChI is InChI=1S/C14H26N2O2S/c1-3-7-14(8-4-2,12(15)19)13(18)16-9-5-6-11(16)10-17/h11,17H,3-10H2,1-2H3,(H2,15,19). The maximum Gasteiger partial charge on any atom is 0.235 e. The Balaban J connectivity index is 3.02. The summed E-state index contributed by atoms with van der Waals surface area (Å²) in [5, 5.41) is 9.39. The summed E-state index contributed by atoms with van der Waals surface area (Å²) in [6.45, 7) is 4.83. The third kappa shape index (κ3) is 3.26. The molecule has 1 unspecified atom stereocenters. The van der Waals surface area contributed by atoms with Crippen LogP contribution in [0.15, 0.2) is 0 Å². The maximum absolute atomic E-state index is 12.9. The number of carbonyl (C=O) groups is 1. The molecule has 3 N–H and O–H groups in total. The van der Waals surface area contributed by atoms with Crippen molar-refractivity contribution in [2.24, 2.45) is 11.1 Å². The average Bonchev–Trinajstić information content (AvgIpc) is 2.85.